The van der Waals surface area contributed by atoms with Crippen LogP contribution in [0.4, 0.5) is 4.79 Å². The second-order valence-corrected chi connectivity index (χ2v) is 4.81. The molecule has 1 rings (SSSR count). The third-order valence-electron chi connectivity index (χ3n) is 3.53. The van der Waals surface area contributed by atoms with E-state index in [2.05, 4.69) is 17.6 Å². The molecule has 0 saturated heterocycles. The molecule has 1 fully saturated rings. The first-order chi connectivity index (χ1) is 8.04. The minimum absolute atomic E-state index is 0.193. The van der Waals surface area contributed by atoms with Gasteiger partial charge in [-0.15, -0.1) is 0 Å². The van der Waals surface area contributed by atoms with Crippen LogP contribution in [0.1, 0.15) is 39.5 Å². The van der Waals surface area contributed by atoms with E-state index < -0.39 is 11.9 Å². The molecule has 1 aliphatic carbocycles. The Morgan fingerprint density at radius 2 is 2.12 bits per heavy atom. The van der Waals surface area contributed by atoms with Crippen molar-refractivity contribution >= 4 is 12.0 Å². The smallest absolute Gasteiger partial charge is 0.315 e. The highest BCUT2D eigenvalue weighted by Crippen LogP contribution is 2.24. The van der Waals surface area contributed by atoms with Crippen molar-refractivity contribution in [3.8, 4) is 0 Å². The molecule has 5 heteroatoms. The van der Waals surface area contributed by atoms with Gasteiger partial charge in [0, 0.05) is 12.6 Å². The molecule has 5 nitrogen and oxygen atoms in total. The molecule has 0 radical (unpaired) electrons. The normalized spacial score (nSPS) is 25.3. The number of aliphatic carboxylic acids is 1. The number of urea groups is 1. The summed E-state index contributed by atoms with van der Waals surface area (Å²) in [6, 6.07) is -0.0108. The van der Waals surface area contributed by atoms with Crippen LogP contribution in [0, 0.1) is 11.8 Å². The molecule has 3 unspecified atom stereocenters. The number of rotatable bonds is 5. The highest BCUT2D eigenvalue weighted by atomic mass is 16.4. The van der Waals surface area contributed by atoms with Crippen molar-refractivity contribution in [1.82, 2.24) is 10.6 Å². The first kappa shape index (κ1) is 13.8. The summed E-state index contributed by atoms with van der Waals surface area (Å²) in [5.74, 6) is -0.842. The van der Waals surface area contributed by atoms with Crippen LogP contribution in [0.25, 0.3) is 0 Å². The Bertz CT molecular complexity index is 281. The van der Waals surface area contributed by atoms with Gasteiger partial charge in [0.1, 0.15) is 0 Å². The van der Waals surface area contributed by atoms with Crippen molar-refractivity contribution in [2.45, 2.75) is 45.6 Å². The van der Waals surface area contributed by atoms with E-state index in [1.165, 1.54) is 0 Å². The lowest BCUT2D eigenvalue weighted by Crippen LogP contribution is -2.45. The van der Waals surface area contributed by atoms with Crippen molar-refractivity contribution < 1.29 is 14.7 Å². The first-order valence-electron chi connectivity index (χ1n) is 6.31. The largest absolute Gasteiger partial charge is 0.481 e. The number of carboxylic acid groups (broad SMARTS) is 1. The number of nitrogens with one attached hydrogen (secondary N) is 2. The van der Waals surface area contributed by atoms with E-state index in [0.29, 0.717) is 12.3 Å². The summed E-state index contributed by atoms with van der Waals surface area (Å²) in [6.07, 6.45) is 3.84. The molecule has 0 heterocycles. The number of carbonyl (C=O) groups excluding carboxylic acids is 1. The molecule has 98 valence electrons. The fourth-order valence-electron chi connectivity index (χ4n) is 2.20. The maximum Gasteiger partial charge on any atom is 0.315 e. The van der Waals surface area contributed by atoms with E-state index in [4.69, 9.17) is 5.11 Å². The second kappa shape index (κ2) is 6.47. The van der Waals surface area contributed by atoms with Crippen LogP contribution in [-0.4, -0.2) is 29.7 Å². The Balaban J connectivity index is 2.27. The zero-order valence-electron chi connectivity index (χ0n) is 10.5. The van der Waals surface area contributed by atoms with Crippen LogP contribution in [0.3, 0.4) is 0 Å². The van der Waals surface area contributed by atoms with Gasteiger partial charge in [0.15, 0.2) is 0 Å². The van der Waals surface area contributed by atoms with Gasteiger partial charge in [-0.1, -0.05) is 20.3 Å². The van der Waals surface area contributed by atoms with Gasteiger partial charge >= 0.3 is 12.0 Å². The van der Waals surface area contributed by atoms with Gasteiger partial charge in [0.05, 0.1) is 5.92 Å². The van der Waals surface area contributed by atoms with Gasteiger partial charge < -0.3 is 15.7 Å². The summed E-state index contributed by atoms with van der Waals surface area (Å²) in [7, 11) is 0. The maximum atomic E-state index is 11.6. The topological polar surface area (TPSA) is 78.4 Å². The van der Waals surface area contributed by atoms with Gasteiger partial charge in [0.25, 0.3) is 0 Å². The molecule has 0 aromatic carbocycles. The summed E-state index contributed by atoms with van der Waals surface area (Å²) >= 11 is 0. The summed E-state index contributed by atoms with van der Waals surface area (Å²) in [4.78, 5) is 22.3. The fourth-order valence-corrected chi connectivity index (χ4v) is 2.20. The molecule has 3 atom stereocenters. The molecule has 17 heavy (non-hydrogen) atoms. The lowest BCUT2D eigenvalue weighted by atomic mass is 10.1. The van der Waals surface area contributed by atoms with Crippen molar-refractivity contribution in [3.05, 3.63) is 0 Å². The average molecular weight is 242 g/mol. The fraction of sp³-hybridized carbons (Fsp3) is 0.833. The van der Waals surface area contributed by atoms with Crippen LogP contribution in [0.5, 0.6) is 0 Å². The molecule has 2 amide bonds. The standard InChI is InChI=1S/C12H22N2O3/c1-3-9(11(15)16)7-13-12(17)14-10-6-4-5-8(10)2/h8-10H,3-7H2,1-2H3,(H,15,16)(H2,13,14,17). The molecular formula is C12H22N2O3. The average Bonchev–Trinajstić information content (AvgIpc) is 2.65. The Labute approximate surface area is 102 Å². The number of carboxylic acids is 1. The Morgan fingerprint density at radius 1 is 1.41 bits per heavy atom. The Kier molecular flexibility index (Phi) is 5.25. The van der Waals surface area contributed by atoms with Gasteiger partial charge in [-0.05, 0) is 25.2 Å². The van der Waals surface area contributed by atoms with Crippen LogP contribution in [0.15, 0.2) is 0 Å². The van der Waals surface area contributed by atoms with Gasteiger partial charge in [-0.2, -0.15) is 0 Å². The molecule has 1 aliphatic rings. The quantitative estimate of drug-likeness (QED) is 0.685. The molecule has 0 aromatic heterocycles. The Hall–Kier alpha value is -1.26. The third kappa shape index (κ3) is 4.24. The van der Waals surface area contributed by atoms with E-state index in [0.717, 1.165) is 19.3 Å². The second-order valence-electron chi connectivity index (χ2n) is 4.81. The van der Waals surface area contributed by atoms with E-state index in [-0.39, 0.29) is 18.6 Å². The van der Waals surface area contributed by atoms with Crippen molar-refractivity contribution in [3.63, 3.8) is 0 Å². The van der Waals surface area contributed by atoms with Gasteiger partial charge in [0.2, 0.25) is 0 Å². The molecule has 0 bridgehead atoms. The van der Waals surface area contributed by atoms with Crippen molar-refractivity contribution in [2.24, 2.45) is 11.8 Å². The van der Waals surface area contributed by atoms with E-state index in [9.17, 15) is 9.59 Å². The zero-order chi connectivity index (χ0) is 12.8. The van der Waals surface area contributed by atoms with E-state index in [1.807, 2.05) is 0 Å². The maximum absolute atomic E-state index is 11.6. The molecule has 0 aromatic rings. The number of carbonyl (C=O) groups is 2. The summed E-state index contributed by atoms with van der Waals surface area (Å²) < 4.78 is 0. The predicted molar refractivity (Wildman–Crippen MR) is 64.8 cm³/mol. The van der Waals surface area contributed by atoms with Crippen molar-refractivity contribution in [1.29, 1.82) is 0 Å². The molecular weight excluding hydrogens is 220 g/mol. The van der Waals surface area contributed by atoms with E-state index in [1.54, 1.807) is 6.92 Å². The zero-order valence-corrected chi connectivity index (χ0v) is 10.5. The van der Waals surface area contributed by atoms with Crippen LogP contribution >= 0.6 is 0 Å². The van der Waals surface area contributed by atoms with Crippen LogP contribution in [-0.2, 0) is 4.79 Å². The van der Waals surface area contributed by atoms with Crippen LogP contribution < -0.4 is 10.6 Å². The lowest BCUT2D eigenvalue weighted by molar-refractivity contribution is -0.141. The molecule has 0 aliphatic heterocycles. The monoisotopic (exact) mass is 242 g/mol. The number of hydrogen-bond acceptors (Lipinski definition) is 2. The minimum Gasteiger partial charge on any atom is -0.481 e. The number of amides is 2. The highest BCUT2D eigenvalue weighted by molar-refractivity contribution is 5.76. The van der Waals surface area contributed by atoms with Crippen LogP contribution in [0.2, 0.25) is 0 Å². The summed E-state index contributed by atoms with van der Waals surface area (Å²) in [6.45, 7) is 4.13. The molecule has 1 saturated carbocycles. The number of hydrogen-bond donors (Lipinski definition) is 3. The van der Waals surface area contributed by atoms with E-state index >= 15 is 0 Å². The lowest BCUT2D eigenvalue weighted by Gasteiger charge is -2.18. The molecule has 0 spiro atoms. The first-order valence-corrected chi connectivity index (χ1v) is 6.31. The summed E-state index contributed by atoms with van der Waals surface area (Å²) in [5, 5.41) is 14.4. The van der Waals surface area contributed by atoms with Crippen molar-refractivity contribution in [2.75, 3.05) is 6.54 Å². The Morgan fingerprint density at radius 3 is 2.59 bits per heavy atom. The molecule has 3 N–H and O–H groups in total. The third-order valence-corrected chi connectivity index (χ3v) is 3.53. The van der Waals surface area contributed by atoms with Gasteiger partial charge in [-0.3, -0.25) is 4.79 Å². The minimum atomic E-state index is -0.859. The predicted octanol–water partition coefficient (Wildman–Crippen LogP) is 1.58. The SMILES string of the molecule is CCC(CNC(=O)NC1CCCC1C)C(=O)O. The van der Waals surface area contributed by atoms with Gasteiger partial charge in [-0.25, -0.2) is 4.79 Å². The summed E-state index contributed by atoms with van der Waals surface area (Å²) in [5.41, 5.74) is 0. The highest BCUT2D eigenvalue weighted by Gasteiger charge is 2.25.